The fourth-order valence-corrected chi connectivity index (χ4v) is 4.77. The zero-order valence-electron chi connectivity index (χ0n) is 18.5. The maximum Gasteiger partial charge on any atom is 0.404 e. The molecule has 2 aromatic carbocycles. The zero-order valence-corrected chi connectivity index (χ0v) is 19.2. The van der Waals surface area contributed by atoms with E-state index in [9.17, 15) is 9.18 Å². The first-order valence-electron chi connectivity index (χ1n) is 11.0. The Kier molecular flexibility index (Phi) is 5.83. The lowest BCUT2D eigenvalue weighted by Gasteiger charge is -2.35. The summed E-state index contributed by atoms with van der Waals surface area (Å²) in [7, 11) is 0. The third-order valence-corrected chi connectivity index (χ3v) is 6.34. The number of H-pyrrole nitrogens is 1. The lowest BCUT2D eigenvalue weighted by atomic mass is 9.97. The van der Waals surface area contributed by atoms with E-state index < -0.39 is 6.09 Å². The molecule has 3 N–H and O–H groups in total. The maximum atomic E-state index is 14.3. The molecular formula is C25H23ClFN5O2. The minimum atomic E-state index is -1.01. The van der Waals surface area contributed by atoms with Crippen LogP contribution >= 0.6 is 11.6 Å². The molecule has 0 radical (unpaired) electrons. The second kappa shape index (κ2) is 8.95. The fourth-order valence-electron chi connectivity index (χ4n) is 4.60. The van der Waals surface area contributed by atoms with E-state index in [0.29, 0.717) is 36.8 Å². The number of nitrogens with zero attached hydrogens (tertiary/aromatic N) is 3. The molecule has 9 heteroatoms. The number of hydrogen-bond donors (Lipinski definition) is 3. The van der Waals surface area contributed by atoms with Gasteiger partial charge in [0.1, 0.15) is 11.6 Å². The predicted octanol–water partition coefficient (Wildman–Crippen LogP) is 5.63. The molecular weight excluding hydrogens is 457 g/mol. The number of halogens is 2. The predicted molar refractivity (Wildman–Crippen MR) is 131 cm³/mol. The molecule has 4 aromatic rings. The molecule has 34 heavy (non-hydrogen) atoms. The number of benzene rings is 2. The summed E-state index contributed by atoms with van der Waals surface area (Å²) in [5, 5.41) is 12.3. The quantitative estimate of drug-likeness (QED) is 0.352. The van der Waals surface area contributed by atoms with Crippen molar-refractivity contribution in [1.29, 1.82) is 0 Å². The zero-order chi connectivity index (χ0) is 23.8. The van der Waals surface area contributed by atoms with Crippen molar-refractivity contribution in [2.24, 2.45) is 0 Å². The molecule has 1 saturated heterocycles. The van der Waals surface area contributed by atoms with Crippen molar-refractivity contribution in [3.8, 4) is 22.5 Å². The number of rotatable bonds is 4. The third-order valence-electron chi connectivity index (χ3n) is 6.11. The van der Waals surface area contributed by atoms with Crippen LogP contribution in [0.25, 0.3) is 33.5 Å². The monoisotopic (exact) mass is 479 g/mol. The van der Waals surface area contributed by atoms with Crippen LogP contribution in [0, 0.1) is 12.7 Å². The summed E-state index contributed by atoms with van der Waals surface area (Å²) in [4.78, 5) is 25.9. The van der Waals surface area contributed by atoms with Gasteiger partial charge >= 0.3 is 6.09 Å². The standard InChI is InChI=1S/C25H23ClFN5O2/c1-14-8-15(10-17(27)9-14)19-12-28-13-20(24-30-21-3-2-16(26)11-22(21)31-24)23(19)32-6-4-18(5-7-32)29-25(33)34/h2-3,8-13,18,29H,4-7H2,1H3,(H,30,31)(H,33,34). The number of pyridine rings is 1. The topological polar surface area (TPSA) is 94.1 Å². The summed E-state index contributed by atoms with van der Waals surface area (Å²) in [6, 6.07) is 10.3. The second-order valence-electron chi connectivity index (χ2n) is 8.56. The number of fused-ring (bicyclic) bond motifs is 1. The Hall–Kier alpha value is -3.65. The number of aromatic nitrogens is 3. The molecule has 0 aliphatic carbocycles. The van der Waals surface area contributed by atoms with Gasteiger partial charge in [-0.2, -0.15) is 0 Å². The Labute approximate surface area is 200 Å². The van der Waals surface area contributed by atoms with Crippen LogP contribution in [0.2, 0.25) is 5.02 Å². The number of carboxylic acid groups (broad SMARTS) is 1. The smallest absolute Gasteiger partial charge is 0.404 e. The normalized spacial score (nSPS) is 14.5. The second-order valence-corrected chi connectivity index (χ2v) is 8.99. The first-order valence-corrected chi connectivity index (χ1v) is 11.4. The van der Waals surface area contributed by atoms with E-state index in [1.54, 1.807) is 18.5 Å². The van der Waals surface area contributed by atoms with E-state index in [1.165, 1.54) is 12.1 Å². The van der Waals surface area contributed by atoms with Crippen molar-refractivity contribution in [3.05, 3.63) is 65.2 Å². The molecule has 0 unspecified atom stereocenters. The Morgan fingerprint density at radius 2 is 1.94 bits per heavy atom. The number of nitrogens with one attached hydrogen (secondary N) is 2. The van der Waals surface area contributed by atoms with Crippen LogP contribution in [0.1, 0.15) is 18.4 Å². The molecule has 0 bridgehead atoms. The number of aryl methyl sites for hydroxylation is 1. The van der Waals surface area contributed by atoms with Crippen molar-refractivity contribution in [2.75, 3.05) is 18.0 Å². The van der Waals surface area contributed by atoms with Crippen molar-refractivity contribution in [1.82, 2.24) is 20.3 Å². The van der Waals surface area contributed by atoms with Gasteiger partial charge in [-0.15, -0.1) is 0 Å². The number of hydrogen-bond acceptors (Lipinski definition) is 4. The summed E-state index contributed by atoms with van der Waals surface area (Å²) in [6.07, 6.45) is 3.80. The largest absolute Gasteiger partial charge is 0.465 e. The van der Waals surface area contributed by atoms with Gasteiger partial charge in [-0.1, -0.05) is 17.7 Å². The minimum absolute atomic E-state index is 0.104. The molecule has 7 nitrogen and oxygen atoms in total. The average Bonchev–Trinajstić information content (AvgIpc) is 3.21. The first kappa shape index (κ1) is 22.2. The van der Waals surface area contributed by atoms with Crippen LogP contribution in [-0.4, -0.2) is 45.3 Å². The van der Waals surface area contributed by atoms with Crippen molar-refractivity contribution in [2.45, 2.75) is 25.8 Å². The Balaban J connectivity index is 1.63. The molecule has 0 atom stereocenters. The van der Waals surface area contributed by atoms with Crippen LogP contribution in [0.15, 0.2) is 48.8 Å². The van der Waals surface area contributed by atoms with E-state index >= 15 is 0 Å². The van der Waals surface area contributed by atoms with Crippen LogP contribution in [-0.2, 0) is 0 Å². The summed E-state index contributed by atoms with van der Waals surface area (Å²) < 4.78 is 14.3. The Morgan fingerprint density at radius 1 is 1.18 bits per heavy atom. The Bertz CT molecular complexity index is 1360. The molecule has 0 spiro atoms. The number of piperidine rings is 1. The summed E-state index contributed by atoms with van der Waals surface area (Å²) in [5.41, 5.74) is 5.60. The van der Waals surface area contributed by atoms with Gasteiger partial charge in [0.15, 0.2) is 0 Å². The highest BCUT2D eigenvalue weighted by atomic mass is 35.5. The van der Waals surface area contributed by atoms with Gasteiger partial charge in [0.05, 0.1) is 22.3 Å². The highest BCUT2D eigenvalue weighted by Gasteiger charge is 2.26. The van der Waals surface area contributed by atoms with Crippen LogP contribution in [0.3, 0.4) is 0 Å². The van der Waals surface area contributed by atoms with Gasteiger partial charge in [-0.3, -0.25) is 4.98 Å². The Morgan fingerprint density at radius 3 is 2.68 bits per heavy atom. The van der Waals surface area contributed by atoms with Gasteiger partial charge in [0, 0.05) is 42.1 Å². The number of amides is 1. The summed E-state index contributed by atoms with van der Waals surface area (Å²) in [5.74, 6) is 0.328. The fraction of sp³-hybridized carbons (Fsp3) is 0.240. The highest BCUT2D eigenvalue weighted by molar-refractivity contribution is 6.31. The van der Waals surface area contributed by atoms with E-state index in [0.717, 1.165) is 39.0 Å². The molecule has 3 heterocycles. The molecule has 1 aliphatic heterocycles. The molecule has 1 fully saturated rings. The van der Waals surface area contributed by atoms with Gasteiger partial charge in [0.25, 0.3) is 0 Å². The van der Waals surface area contributed by atoms with Crippen molar-refractivity contribution in [3.63, 3.8) is 0 Å². The lowest BCUT2D eigenvalue weighted by molar-refractivity contribution is 0.187. The summed E-state index contributed by atoms with van der Waals surface area (Å²) >= 11 is 6.16. The third kappa shape index (κ3) is 4.41. The van der Waals surface area contributed by atoms with Gasteiger partial charge < -0.3 is 20.3 Å². The number of imidazole rings is 1. The highest BCUT2D eigenvalue weighted by Crippen LogP contribution is 2.40. The van der Waals surface area contributed by atoms with Gasteiger partial charge in [-0.25, -0.2) is 14.2 Å². The van der Waals surface area contributed by atoms with E-state index in [-0.39, 0.29) is 11.9 Å². The SMILES string of the molecule is Cc1cc(F)cc(-c2cncc(-c3nc4ccc(Cl)cc4[nH]3)c2N2CCC(NC(=O)O)CC2)c1. The van der Waals surface area contributed by atoms with E-state index in [4.69, 9.17) is 21.7 Å². The molecule has 174 valence electrons. The lowest BCUT2D eigenvalue weighted by Crippen LogP contribution is -2.44. The van der Waals surface area contributed by atoms with E-state index in [1.807, 2.05) is 25.1 Å². The van der Waals surface area contributed by atoms with Crippen LogP contribution in [0.4, 0.5) is 14.9 Å². The van der Waals surface area contributed by atoms with E-state index in [2.05, 4.69) is 20.2 Å². The molecule has 1 aliphatic rings. The maximum absolute atomic E-state index is 14.3. The van der Waals surface area contributed by atoms with Crippen molar-refractivity contribution >= 4 is 34.4 Å². The number of anilines is 1. The summed E-state index contributed by atoms with van der Waals surface area (Å²) in [6.45, 7) is 3.13. The van der Waals surface area contributed by atoms with Crippen LogP contribution < -0.4 is 10.2 Å². The van der Waals surface area contributed by atoms with Gasteiger partial charge in [0.2, 0.25) is 0 Å². The molecule has 5 rings (SSSR count). The first-order chi connectivity index (χ1) is 16.4. The molecule has 1 amide bonds. The number of carbonyl (C=O) groups is 1. The average molecular weight is 480 g/mol. The molecule has 0 saturated carbocycles. The minimum Gasteiger partial charge on any atom is -0.465 e. The van der Waals surface area contributed by atoms with Crippen LogP contribution in [0.5, 0.6) is 0 Å². The molecule has 2 aromatic heterocycles. The van der Waals surface area contributed by atoms with Gasteiger partial charge in [-0.05, 0) is 61.2 Å². The number of aromatic amines is 1. The van der Waals surface area contributed by atoms with Crippen molar-refractivity contribution < 1.29 is 14.3 Å².